The van der Waals surface area contributed by atoms with E-state index >= 15 is 0 Å². The Morgan fingerprint density at radius 3 is 2.85 bits per heavy atom. The Morgan fingerprint density at radius 2 is 2.23 bits per heavy atom. The average molecular weight is 175 g/mol. The second-order valence-electron chi connectivity index (χ2n) is 3.29. The molecule has 0 bridgehead atoms. The van der Waals surface area contributed by atoms with Gasteiger partial charge in [-0.3, -0.25) is 4.99 Å². The molecular formula is C10H13N3. The van der Waals surface area contributed by atoms with Crippen LogP contribution in [-0.2, 0) is 0 Å². The van der Waals surface area contributed by atoms with Crippen molar-refractivity contribution in [2.75, 3.05) is 18.8 Å². The standard InChI is InChI=1S/C10H13N3/c1-7-4-8(6-9(11)5-7)10-12-2-3-13-10/h4-6H,2-3,11H2,1H3,(H,12,13). The molecule has 0 unspecified atom stereocenters. The van der Waals surface area contributed by atoms with E-state index in [4.69, 9.17) is 5.73 Å². The van der Waals surface area contributed by atoms with E-state index in [1.807, 2.05) is 19.1 Å². The molecule has 1 heterocycles. The largest absolute Gasteiger partial charge is 0.399 e. The maximum absolute atomic E-state index is 5.74. The Morgan fingerprint density at radius 1 is 1.38 bits per heavy atom. The summed E-state index contributed by atoms with van der Waals surface area (Å²) in [7, 11) is 0. The maximum atomic E-state index is 5.74. The van der Waals surface area contributed by atoms with Crippen molar-refractivity contribution in [3.8, 4) is 0 Å². The molecule has 0 spiro atoms. The number of aryl methyl sites for hydroxylation is 1. The first-order valence-electron chi connectivity index (χ1n) is 4.41. The summed E-state index contributed by atoms with van der Waals surface area (Å²) in [4.78, 5) is 4.34. The SMILES string of the molecule is Cc1cc(N)cc(C2=NCCN2)c1. The molecular weight excluding hydrogens is 162 g/mol. The van der Waals surface area contributed by atoms with Gasteiger partial charge in [-0.25, -0.2) is 0 Å². The smallest absolute Gasteiger partial charge is 0.128 e. The molecule has 0 atom stereocenters. The van der Waals surface area contributed by atoms with E-state index in [0.29, 0.717) is 0 Å². The number of amidine groups is 1. The van der Waals surface area contributed by atoms with Crippen LogP contribution < -0.4 is 11.1 Å². The molecule has 0 aromatic heterocycles. The lowest BCUT2D eigenvalue weighted by molar-refractivity contribution is 0.960. The van der Waals surface area contributed by atoms with Crippen molar-refractivity contribution in [2.45, 2.75) is 6.92 Å². The van der Waals surface area contributed by atoms with Gasteiger partial charge in [0.05, 0.1) is 6.54 Å². The third-order valence-corrected chi connectivity index (χ3v) is 2.05. The summed E-state index contributed by atoms with van der Waals surface area (Å²) in [5.74, 6) is 0.968. The van der Waals surface area contributed by atoms with Crippen LogP contribution in [-0.4, -0.2) is 18.9 Å². The van der Waals surface area contributed by atoms with E-state index in [1.165, 1.54) is 5.56 Å². The molecule has 0 saturated heterocycles. The van der Waals surface area contributed by atoms with Crippen molar-refractivity contribution in [1.29, 1.82) is 0 Å². The third kappa shape index (κ3) is 1.64. The fourth-order valence-electron chi connectivity index (χ4n) is 1.54. The predicted octanol–water partition coefficient (Wildman–Crippen LogP) is 0.927. The van der Waals surface area contributed by atoms with Crippen LogP contribution in [0, 0.1) is 6.92 Å². The second kappa shape index (κ2) is 3.09. The Labute approximate surface area is 77.7 Å². The summed E-state index contributed by atoms with van der Waals surface area (Å²) >= 11 is 0. The highest BCUT2D eigenvalue weighted by Crippen LogP contribution is 2.12. The van der Waals surface area contributed by atoms with Gasteiger partial charge >= 0.3 is 0 Å². The van der Waals surface area contributed by atoms with Gasteiger partial charge in [-0.2, -0.15) is 0 Å². The Kier molecular flexibility index (Phi) is 1.93. The third-order valence-electron chi connectivity index (χ3n) is 2.05. The van der Waals surface area contributed by atoms with Crippen LogP contribution in [0.25, 0.3) is 0 Å². The number of nitrogens with zero attached hydrogens (tertiary/aromatic N) is 1. The molecule has 0 fully saturated rings. The van der Waals surface area contributed by atoms with Crippen LogP contribution in [0.5, 0.6) is 0 Å². The molecule has 1 aromatic carbocycles. The lowest BCUT2D eigenvalue weighted by atomic mass is 10.1. The van der Waals surface area contributed by atoms with Crippen molar-refractivity contribution >= 4 is 11.5 Å². The number of hydrogen-bond donors (Lipinski definition) is 2. The van der Waals surface area contributed by atoms with E-state index in [9.17, 15) is 0 Å². The minimum Gasteiger partial charge on any atom is -0.399 e. The molecule has 3 heteroatoms. The molecule has 68 valence electrons. The average Bonchev–Trinajstić information content (AvgIpc) is 2.53. The zero-order valence-electron chi connectivity index (χ0n) is 7.67. The molecule has 2 rings (SSSR count). The summed E-state index contributed by atoms with van der Waals surface area (Å²) < 4.78 is 0. The number of rotatable bonds is 1. The molecule has 13 heavy (non-hydrogen) atoms. The highest BCUT2D eigenvalue weighted by atomic mass is 15.1. The van der Waals surface area contributed by atoms with Crippen molar-refractivity contribution in [3.63, 3.8) is 0 Å². The van der Waals surface area contributed by atoms with Crippen LogP contribution in [0.3, 0.4) is 0 Å². The van der Waals surface area contributed by atoms with Crippen molar-refractivity contribution < 1.29 is 0 Å². The number of hydrogen-bond acceptors (Lipinski definition) is 3. The quantitative estimate of drug-likeness (QED) is 0.624. The van der Waals surface area contributed by atoms with Gasteiger partial charge in [0.2, 0.25) is 0 Å². The molecule has 1 aliphatic rings. The monoisotopic (exact) mass is 175 g/mol. The van der Waals surface area contributed by atoms with Crippen LogP contribution in [0.2, 0.25) is 0 Å². The van der Waals surface area contributed by atoms with Gasteiger partial charge in [0, 0.05) is 17.8 Å². The minimum absolute atomic E-state index is 0.798. The summed E-state index contributed by atoms with van der Waals surface area (Å²) in [5, 5.41) is 3.22. The summed E-state index contributed by atoms with van der Waals surface area (Å²) in [5.41, 5.74) is 8.81. The number of benzene rings is 1. The molecule has 1 aromatic rings. The molecule has 3 N–H and O–H groups in total. The zero-order valence-corrected chi connectivity index (χ0v) is 7.67. The van der Waals surface area contributed by atoms with Crippen molar-refractivity contribution in [1.82, 2.24) is 5.32 Å². The first-order valence-corrected chi connectivity index (χ1v) is 4.41. The van der Waals surface area contributed by atoms with Crippen molar-refractivity contribution in [2.24, 2.45) is 4.99 Å². The predicted molar refractivity (Wildman–Crippen MR) is 55.0 cm³/mol. The molecule has 0 radical (unpaired) electrons. The first kappa shape index (κ1) is 8.10. The number of aliphatic imine (C=N–C) groups is 1. The first-order chi connectivity index (χ1) is 6.25. The molecule has 0 aliphatic carbocycles. The zero-order chi connectivity index (χ0) is 9.26. The lowest BCUT2D eigenvalue weighted by Gasteiger charge is -2.04. The fraction of sp³-hybridized carbons (Fsp3) is 0.300. The topological polar surface area (TPSA) is 50.4 Å². The highest BCUT2D eigenvalue weighted by Gasteiger charge is 2.08. The number of nitrogen functional groups attached to an aromatic ring is 1. The highest BCUT2D eigenvalue weighted by molar-refractivity contribution is 6.00. The Balaban J connectivity index is 2.39. The number of nitrogens with one attached hydrogen (secondary N) is 1. The van der Waals surface area contributed by atoms with Crippen LogP contribution >= 0.6 is 0 Å². The number of anilines is 1. The van der Waals surface area contributed by atoms with Gasteiger partial charge in [0.25, 0.3) is 0 Å². The summed E-state index contributed by atoms with van der Waals surface area (Å²) in [6.07, 6.45) is 0. The van der Waals surface area contributed by atoms with E-state index < -0.39 is 0 Å². The van der Waals surface area contributed by atoms with E-state index in [1.54, 1.807) is 0 Å². The Hall–Kier alpha value is -1.51. The lowest BCUT2D eigenvalue weighted by Crippen LogP contribution is -2.19. The van der Waals surface area contributed by atoms with Crippen molar-refractivity contribution in [3.05, 3.63) is 29.3 Å². The van der Waals surface area contributed by atoms with Gasteiger partial charge in [0.15, 0.2) is 0 Å². The fourth-order valence-corrected chi connectivity index (χ4v) is 1.54. The van der Waals surface area contributed by atoms with Gasteiger partial charge < -0.3 is 11.1 Å². The van der Waals surface area contributed by atoms with Crippen LogP contribution in [0.15, 0.2) is 23.2 Å². The molecule has 3 nitrogen and oxygen atoms in total. The molecule has 0 saturated carbocycles. The van der Waals surface area contributed by atoms with Gasteiger partial charge in [0.1, 0.15) is 5.84 Å². The Bertz CT molecular complexity index is 335. The minimum atomic E-state index is 0.798. The normalized spacial score (nSPS) is 15.3. The van der Waals surface area contributed by atoms with Gasteiger partial charge in [-0.05, 0) is 30.7 Å². The molecule has 1 aliphatic heterocycles. The maximum Gasteiger partial charge on any atom is 0.128 e. The molecule has 0 amide bonds. The van der Waals surface area contributed by atoms with Gasteiger partial charge in [-0.15, -0.1) is 0 Å². The summed E-state index contributed by atoms with van der Waals surface area (Å²) in [6, 6.07) is 6.00. The van der Waals surface area contributed by atoms with Crippen LogP contribution in [0.1, 0.15) is 11.1 Å². The van der Waals surface area contributed by atoms with E-state index in [0.717, 1.165) is 30.2 Å². The van der Waals surface area contributed by atoms with Gasteiger partial charge in [-0.1, -0.05) is 0 Å². The van der Waals surface area contributed by atoms with Crippen LogP contribution in [0.4, 0.5) is 5.69 Å². The number of nitrogens with two attached hydrogens (primary N) is 1. The van der Waals surface area contributed by atoms with E-state index in [2.05, 4.69) is 16.4 Å². The second-order valence-corrected chi connectivity index (χ2v) is 3.29. The summed E-state index contributed by atoms with van der Waals surface area (Å²) in [6.45, 7) is 3.84. The van der Waals surface area contributed by atoms with E-state index in [-0.39, 0.29) is 0 Å².